The zero-order valence-electron chi connectivity index (χ0n) is 16.1. The zero-order chi connectivity index (χ0) is 19.5. The molecule has 0 spiro atoms. The molecule has 1 atom stereocenters. The number of methoxy groups -OCH3 is 1. The minimum Gasteiger partial charge on any atom is -0.383 e. The zero-order valence-corrected chi connectivity index (χ0v) is 16.8. The molecule has 3 N–H and O–H groups in total. The maximum absolute atomic E-state index is 13.0. The predicted octanol–water partition coefficient (Wildman–Crippen LogP) is 3.74. The summed E-state index contributed by atoms with van der Waals surface area (Å²) in [5.74, 6) is 0.486. The van der Waals surface area contributed by atoms with Gasteiger partial charge in [0, 0.05) is 37.5 Å². The van der Waals surface area contributed by atoms with Gasteiger partial charge in [0.1, 0.15) is 6.04 Å². The Bertz CT molecular complexity index is 867. The summed E-state index contributed by atoms with van der Waals surface area (Å²) < 4.78 is 5.06. The van der Waals surface area contributed by atoms with E-state index in [1.54, 1.807) is 7.11 Å². The summed E-state index contributed by atoms with van der Waals surface area (Å²) in [6, 6.07) is 11.8. The van der Waals surface area contributed by atoms with E-state index in [0.717, 1.165) is 24.3 Å². The van der Waals surface area contributed by atoms with E-state index in [-0.39, 0.29) is 5.91 Å². The largest absolute Gasteiger partial charge is 0.383 e. The summed E-state index contributed by atoms with van der Waals surface area (Å²) >= 11 is 6.39. The first-order valence-electron chi connectivity index (χ1n) is 9.80. The Morgan fingerprint density at radius 1 is 1.21 bits per heavy atom. The van der Waals surface area contributed by atoms with Crippen molar-refractivity contribution in [3.8, 4) is 0 Å². The smallest absolute Gasteiger partial charge is 0.247 e. The molecule has 2 aliphatic rings. The molecule has 0 bridgehead atoms. The van der Waals surface area contributed by atoms with E-state index >= 15 is 0 Å². The fourth-order valence-corrected chi connectivity index (χ4v) is 3.94. The van der Waals surface area contributed by atoms with Crippen molar-refractivity contribution >= 4 is 23.2 Å². The van der Waals surface area contributed by atoms with E-state index in [2.05, 4.69) is 34.1 Å². The van der Waals surface area contributed by atoms with Crippen LogP contribution < -0.4 is 16.0 Å². The summed E-state index contributed by atoms with van der Waals surface area (Å²) in [6.07, 6.45) is 2.38. The molecule has 5 nitrogen and oxygen atoms in total. The number of ether oxygens (including phenoxy) is 1. The predicted molar refractivity (Wildman–Crippen MR) is 112 cm³/mol. The van der Waals surface area contributed by atoms with E-state index in [1.165, 1.54) is 29.5 Å². The van der Waals surface area contributed by atoms with Crippen LogP contribution in [0.3, 0.4) is 0 Å². The van der Waals surface area contributed by atoms with Crippen molar-refractivity contribution in [1.29, 1.82) is 0 Å². The number of nitrogens with one attached hydrogen (secondary N) is 3. The van der Waals surface area contributed by atoms with Crippen LogP contribution in [-0.4, -0.2) is 26.2 Å². The third kappa shape index (κ3) is 4.49. The van der Waals surface area contributed by atoms with Gasteiger partial charge >= 0.3 is 0 Å². The molecule has 1 heterocycles. The molecule has 28 heavy (non-hydrogen) atoms. The molecular formula is C22H26ClN3O2. The van der Waals surface area contributed by atoms with Gasteiger partial charge in [0.05, 0.1) is 6.61 Å². The first-order chi connectivity index (χ1) is 13.6. The van der Waals surface area contributed by atoms with Gasteiger partial charge in [-0.25, -0.2) is 0 Å². The van der Waals surface area contributed by atoms with E-state index in [0.29, 0.717) is 24.1 Å². The number of anilines is 1. The summed E-state index contributed by atoms with van der Waals surface area (Å²) in [5, 5.41) is 10.4. The summed E-state index contributed by atoms with van der Waals surface area (Å²) in [5.41, 5.74) is 5.63. The quantitative estimate of drug-likeness (QED) is 0.592. The van der Waals surface area contributed by atoms with Crippen LogP contribution in [0.4, 0.5) is 5.69 Å². The lowest BCUT2D eigenvalue weighted by Crippen LogP contribution is -2.35. The van der Waals surface area contributed by atoms with Gasteiger partial charge in [-0.15, -0.1) is 0 Å². The highest BCUT2D eigenvalue weighted by Gasteiger charge is 2.27. The van der Waals surface area contributed by atoms with E-state index < -0.39 is 6.04 Å². The molecule has 6 heteroatoms. The topological polar surface area (TPSA) is 62.4 Å². The van der Waals surface area contributed by atoms with Crippen LogP contribution in [0, 0.1) is 0 Å². The Labute approximate surface area is 170 Å². The van der Waals surface area contributed by atoms with Crippen LogP contribution >= 0.6 is 11.6 Å². The molecule has 0 saturated heterocycles. The minimum atomic E-state index is -0.513. The van der Waals surface area contributed by atoms with Crippen molar-refractivity contribution in [3.63, 3.8) is 0 Å². The SMILES string of the molecule is COCCNC(=O)[C@H](Nc1ccc2c(c1)CNC2)c1cc(Cl)cc(C2CC2)c1. The third-order valence-electron chi connectivity index (χ3n) is 5.34. The summed E-state index contributed by atoms with van der Waals surface area (Å²) in [6.45, 7) is 2.71. The number of fused-ring (bicyclic) bond motifs is 1. The number of hydrogen-bond acceptors (Lipinski definition) is 4. The molecule has 1 fully saturated rings. The van der Waals surface area contributed by atoms with Gasteiger partial charge in [0.25, 0.3) is 0 Å². The average Bonchev–Trinajstić information content (AvgIpc) is 3.43. The molecule has 2 aromatic carbocycles. The highest BCUT2D eigenvalue weighted by Crippen LogP contribution is 2.42. The summed E-state index contributed by atoms with van der Waals surface area (Å²) in [7, 11) is 1.62. The molecule has 2 aromatic rings. The van der Waals surface area contributed by atoms with Gasteiger partial charge in [0.15, 0.2) is 0 Å². The molecule has 148 valence electrons. The van der Waals surface area contributed by atoms with Crippen LogP contribution in [-0.2, 0) is 22.6 Å². The maximum atomic E-state index is 13.0. The molecule has 1 aliphatic heterocycles. The Kier molecular flexibility index (Phi) is 5.85. The molecule has 0 radical (unpaired) electrons. The number of rotatable bonds is 8. The number of carbonyl (C=O) groups excluding carboxylic acids is 1. The normalized spacial score (nSPS) is 16.5. The maximum Gasteiger partial charge on any atom is 0.247 e. The van der Waals surface area contributed by atoms with Crippen LogP contribution in [0.1, 0.15) is 47.1 Å². The van der Waals surface area contributed by atoms with Crippen molar-refractivity contribution in [2.45, 2.75) is 37.9 Å². The number of benzene rings is 2. The van der Waals surface area contributed by atoms with Gasteiger partial charge in [-0.3, -0.25) is 4.79 Å². The first-order valence-corrected chi connectivity index (χ1v) is 10.2. The molecule has 1 amide bonds. The Morgan fingerprint density at radius 2 is 2.04 bits per heavy atom. The Balaban J connectivity index is 1.61. The fraction of sp³-hybridized carbons (Fsp3) is 0.409. The summed E-state index contributed by atoms with van der Waals surface area (Å²) in [4.78, 5) is 13.0. The second-order valence-corrected chi connectivity index (χ2v) is 7.98. The van der Waals surface area contributed by atoms with Crippen molar-refractivity contribution < 1.29 is 9.53 Å². The molecule has 4 rings (SSSR count). The molecule has 1 aliphatic carbocycles. The standard InChI is InChI=1S/C22H26ClN3O2/c1-28-7-6-25-22(27)21(17-8-16(14-2-3-14)9-19(23)10-17)26-20-5-4-15-12-24-13-18(15)11-20/h4-5,8-11,14,21,24,26H,2-3,6-7,12-13H2,1H3,(H,25,27)/t21-/m1/s1. The average molecular weight is 400 g/mol. The van der Waals surface area contributed by atoms with Gasteiger partial charge in [-0.1, -0.05) is 23.7 Å². The van der Waals surface area contributed by atoms with E-state index in [4.69, 9.17) is 16.3 Å². The second kappa shape index (κ2) is 8.52. The number of hydrogen-bond donors (Lipinski definition) is 3. The molecule has 0 aromatic heterocycles. The van der Waals surface area contributed by atoms with Crippen LogP contribution in [0.2, 0.25) is 5.02 Å². The molecule has 1 saturated carbocycles. The third-order valence-corrected chi connectivity index (χ3v) is 5.56. The second-order valence-electron chi connectivity index (χ2n) is 7.54. The first kappa shape index (κ1) is 19.2. The Morgan fingerprint density at radius 3 is 2.82 bits per heavy atom. The lowest BCUT2D eigenvalue weighted by Gasteiger charge is -2.21. The fourth-order valence-electron chi connectivity index (χ4n) is 3.68. The Hall–Kier alpha value is -2.08. The lowest BCUT2D eigenvalue weighted by molar-refractivity contribution is -0.122. The van der Waals surface area contributed by atoms with Gasteiger partial charge in [-0.05, 0) is 65.3 Å². The monoisotopic (exact) mass is 399 g/mol. The van der Waals surface area contributed by atoms with Crippen molar-refractivity contribution in [2.75, 3.05) is 25.6 Å². The lowest BCUT2D eigenvalue weighted by atomic mass is 10.00. The van der Waals surface area contributed by atoms with Crippen molar-refractivity contribution in [2.24, 2.45) is 0 Å². The van der Waals surface area contributed by atoms with Gasteiger partial charge < -0.3 is 20.7 Å². The highest BCUT2D eigenvalue weighted by atomic mass is 35.5. The van der Waals surface area contributed by atoms with Crippen LogP contribution in [0.5, 0.6) is 0 Å². The highest BCUT2D eigenvalue weighted by molar-refractivity contribution is 6.30. The van der Waals surface area contributed by atoms with Crippen LogP contribution in [0.15, 0.2) is 36.4 Å². The minimum absolute atomic E-state index is 0.0836. The van der Waals surface area contributed by atoms with E-state index in [1.807, 2.05) is 18.2 Å². The van der Waals surface area contributed by atoms with Crippen molar-refractivity contribution in [1.82, 2.24) is 10.6 Å². The van der Waals surface area contributed by atoms with Gasteiger partial charge in [-0.2, -0.15) is 0 Å². The molecular weight excluding hydrogens is 374 g/mol. The number of halogens is 1. The number of amides is 1. The van der Waals surface area contributed by atoms with Gasteiger partial charge in [0.2, 0.25) is 5.91 Å². The molecule has 0 unspecified atom stereocenters. The van der Waals surface area contributed by atoms with Crippen LogP contribution in [0.25, 0.3) is 0 Å². The van der Waals surface area contributed by atoms with Crippen molar-refractivity contribution in [3.05, 3.63) is 63.7 Å². The van der Waals surface area contributed by atoms with E-state index in [9.17, 15) is 4.79 Å². The number of carbonyl (C=O) groups is 1.